The predicted molar refractivity (Wildman–Crippen MR) is 107 cm³/mol. The van der Waals surface area contributed by atoms with E-state index in [9.17, 15) is 4.79 Å². The Hall–Kier alpha value is -3.39. The molecule has 2 atom stereocenters. The van der Waals surface area contributed by atoms with Gasteiger partial charge in [0.2, 0.25) is 0 Å². The van der Waals surface area contributed by atoms with Crippen LogP contribution in [0.4, 0.5) is 0 Å². The number of hydrogen-bond acceptors (Lipinski definition) is 2. The van der Waals surface area contributed by atoms with Crippen molar-refractivity contribution in [1.82, 2.24) is 0 Å². The molecule has 2 nitrogen and oxygen atoms in total. The number of carbonyl (C=O) groups excluding carboxylic acids is 1. The van der Waals surface area contributed by atoms with E-state index >= 15 is 0 Å². The van der Waals surface area contributed by atoms with Gasteiger partial charge in [-0.2, -0.15) is 0 Å². The van der Waals surface area contributed by atoms with Gasteiger partial charge in [0.25, 0.3) is 0 Å². The smallest absolute Gasteiger partial charge is 0.178 e. The summed E-state index contributed by atoms with van der Waals surface area (Å²) in [5, 5.41) is 2.33. The van der Waals surface area contributed by atoms with E-state index in [1.165, 1.54) is 5.39 Å². The van der Waals surface area contributed by atoms with Gasteiger partial charge in [0.05, 0.1) is 11.5 Å². The van der Waals surface area contributed by atoms with Crippen molar-refractivity contribution in [2.75, 3.05) is 0 Å². The maximum Gasteiger partial charge on any atom is 0.178 e. The summed E-state index contributed by atoms with van der Waals surface area (Å²) in [4.78, 5) is 13.4. The predicted octanol–water partition coefficient (Wildman–Crippen LogP) is 5.94. The van der Waals surface area contributed by atoms with Crippen LogP contribution < -0.4 is 4.74 Å². The molecule has 4 aromatic rings. The maximum absolute atomic E-state index is 13.4. The number of carbonyl (C=O) groups is 1. The molecule has 0 unspecified atom stereocenters. The third-order valence-corrected chi connectivity index (χ3v) is 5.25. The van der Waals surface area contributed by atoms with E-state index in [1.807, 2.05) is 66.7 Å². The molecule has 0 spiro atoms. The molecule has 1 aliphatic rings. The summed E-state index contributed by atoms with van der Waals surface area (Å²) in [6.07, 6.45) is -0.348. The highest BCUT2D eigenvalue weighted by Gasteiger charge is 2.39. The molecule has 0 bridgehead atoms. The largest absolute Gasteiger partial charge is 0.484 e. The monoisotopic (exact) mass is 350 g/mol. The summed E-state index contributed by atoms with van der Waals surface area (Å²) in [5.41, 5.74) is 2.66. The van der Waals surface area contributed by atoms with Gasteiger partial charge in [-0.25, -0.2) is 0 Å². The summed E-state index contributed by atoms with van der Waals surface area (Å²) in [5.74, 6) is 0.413. The van der Waals surface area contributed by atoms with E-state index in [-0.39, 0.29) is 17.8 Å². The van der Waals surface area contributed by atoms with E-state index in [0.29, 0.717) is 11.3 Å². The Morgan fingerprint density at radius 1 is 0.630 bits per heavy atom. The fourth-order valence-electron chi connectivity index (χ4n) is 3.91. The number of fused-ring (bicyclic) bond motifs is 2. The minimum Gasteiger partial charge on any atom is -0.484 e. The van der Waals surface area contributed by atoms with Crippen LogP contribution >= 0.6 is 0 Å². The number of benzene rings is 4. The lowest BCUT2D eigenvalue weighted by Gasteiger charge is -2.33. The van der Waals surface area contributed by atoms with Gasteiger partial charge in [0.15, 0.2) is 5.78 Å². The topological polar surface area (TPSA) is 26.3 Å². The first-order chi connectivity index (χ1) is 13.3. The number of ketones is 1. The highest BCUT2D eigenvalue weighted by Crippen LogP contribution is 2.44. The Morgan fingerprint density at radius 2 is 1.33 bits per heavy atom. The third-order valence-electron chi connectivity index (χ3n) is 5.25. The van der Waals surface area contributed by atoms with E-state index in [2.05, 4.69) is 30.3 Å². The minimum absolute atomic E-state index is 0.112. The first-order valence-corrected chi connectivity index (χ1v) is 9.15. The zero-order valence-corrected chi connectivity index (χ0v) is 14.7. The number of ether oxygens (including phenoxy) is 1. The summed E-state index contributed by atoms with van der Waals surface area (Å²) in [6, 6.07) is 32.0. The van der Waals surface area contributed by atoms with Gasteiger partial charge in [-0.1, -0.05) is 78.9 Å². The molecule has 0 saturated heterocycles. The summed E-state index contributed by atoms with van der Waals surface area (Å²) in [7, 11) is 0. The molecule has 0 aromatic heterocycles. The molecule has 0 fully saturated rings. The number of Topliss-reactive ketones (excluding diaryl/α,β-unsaturated/α-hetero) is 1. The van der Waals surface area contributed by atoms with Gasteiger partial charge in [-0.05, 0) is 40.1 Å². The van der Waals surface area contributed by atoms with Crippen molar-refractivity contribution in [3.8, 4) is 5.75 Å². The fourth-order valence-corrected chi connectivity index (χ4v) is 3.91. The second kappa shape index (κ2) is 6.40. The second-order valence-corrected chi connectivity index (χ2v) is 6.89. The van der Waals surface area contributed by atoms with Crippen molar-refractivity contribution >= 4 is 16.6 Å². The fraction of sp³-hybridized carbons (Fsp3) is 0.0800. The molecule has 4 aromatic carbocycles. The zero-order chi connectivity index (χ0) is 18.2. The number of para-hydroxylation sites is 1. The molecule has 130 valence electrons. The quantitative estimate of drug-likeness (QED) is 0.447. The van der Waals surface area contributed by atoms with E-state index < -0.39 is 0 Å². The Balaban J connectivity index is 1.68. The molecular formula is C25H18O2. The van der Waals surface area contributed by atoms with Gasteiger partial charge in [0, 0.05) is 0 Å². The van der Waals surface area contributed by atoms with Crippen molar-refractivity contribution in [3.05, 3.63) is 114 Å². The van der Waals surface area contributed by atoms with Crippen LogP contribution in [0.5, 0.6) is 5.75 Å². The van der Waals surface area contributed by atoms with Crippen molar-refractivity contribution in [1.29, 1.82) is 0 Å². The molecule has 0 saturated carbocycles. The lowest BCUT2D eigenvalue weighted by Crippen LogP contribution is -2.30. The summed E-state index contributed by atoms with van der Waals surface area (Å²) >= 11 is 0. The molecule has 5 rings (SSSR count). The Kier molecular flexibility index (Phi) is 3.75. The van der Waals surface area contributed by atoms with E-state index in [0.717, 1.165) is 16.5 Å². The van der Waals surface area contributed by atoms with Crippen molar-refractivity contribution in [3.63, 3.8) is 0 Å². The molecule has 0 N–H and O–H groups in total. The van der Waals surface area contributed by atoms with Crippen LogP contribution in [-0.4, -0.2) is 5.78 Å². The summed E-state index contributed by atoms with van der Waals surface area (Å²) in [6.45, 7) is 0. The molecule has 1 aliphatic heterocycles. The van der Waals surface area contributed by atoms with Gasteiger partial charge in [-0.15, -0.1) is 0 Å². The molecule has 0 radical (unpaired) electrons. The second-order valence-electron chi connectivity index (χ2n) is 6.89. The van der Waals surface area contributed by atoms with Gasteiger partial charge < -0.3 is 4.74 Å². The van der Waals surface area contributed by atoms with Crippen molar-refractivity contribution in [2.24, 2.45) is 0 Å². The lowest BCUT2D eigenvalue weighted by molar-refractivity contribution is 0.0782. The van der Waals surface area contributed by atoms with Crippen LogP contribution in [-0.2, 0) is 0 Å². The van der Waals surface area contributed by atoms with Crippen LogP contribution in [0.1, 0.15) is 33.5 Å². The first-order valence-electron chi connectivity index (χ1n) is 9.15. The standard InChI is InChI=1S/C25H18O2/c26-24-21-12-6-7-13-22(21)27-25(23(24)18-9-2-1-3-10-18)20-15-14-17-8-4-5-11-19(17)16-20/h1-16,23,25H/t23-,25-/m0/s1. The van der Waals surface area contributed by atoms with Crippen LogP contribution in [0, 0.1) is 0 Å². The normalized spacial score (nSPS) is 18.7. The van der Waals surface area contributed by atoms with Crippen molar-refractivity contribution < 1.29 is 9.53 Å². The van der Waals surface area contributed by atoms with Crippen LogP contribution in [0.3, 0.4) is 0 Å². The van der Waals surface area contributed by atoms with E-state index in [4.69, 9.17) is 4.74 Å². The third kappa shape index (κ3) is 2.70. The molecule has 2 heteroatoms. The van der Waals surface area contributed by atoms with Crippen LogP contribution in [0.15, 0.2) is 97.1 Å². The lowest BCUT2D eigenvalue weighted by atomic mass is 9.81. The van der Waals surface area contributed by atoms with E-state index in [1.54, 1.807) is 0 Å². The van der Waals surface area contributed by atoms with Gasteiger partial charge in [0.1, 0.15) is 11.9 Å². The van der Waals surface area contributed by atoms with Crippen LogP contribution in [0.2, 0.25) is 0 Å². The number of rotatable bonds is 2. The SMILES string of the molecule is O=C1c2ccccc2O[C@@H](c2ccc3ccccc3c2)[C@H]1c1ccccc1. The average Bonchev–Trinajstić information content (AvgIpc) is 2.74. The number of hydrogen-bond donors (Lipinski definition) is 0. The highest BCUT2D eigenvalue weighted by atomic mass is 16.5. The Labute approximate surface area is 158 Å². The van der Waals surface area contributed by atoms with Crippen molar-refractivity contribution in [2.45, 2.75) is 12.0 Å². The van der Waals surface area contributed by atoms with Crippen LogP contribution in [0.25, 0.3) is 10.8 Å². The summed E-state index contributed by atoms with van der Waals surface area (Å²) < 4.78 is 6.38. The minimum atomic E-state index is -0.359. The molecular weight excluding hydrogens is 332 g/mol. The van der Waals surface area contributed by atoms with Gasteiger partial charge in [-0.3, -0.25) is 4.79 Å². The molecule has 0 aliphatic carbocycles. The highest BCUT2D eigenvalue weighted by molar-refractivity contribution is 6.04. The molecule has 0 amide bonds. The maximum atomic E-state index is 13.4. The van der Waals surface area contributed by atoms with Gasteiger partial charge >= 0.3 is 0 Å². The molecule has 1 heterocycles. The molecule has 27 heavy (non-hydrogen) atoms. The average molecular weight is 350 g/mol. The first kappa shape index (κ1) is 15.8. The Bertz CT molecular complexity index is 1130. The zero-order valence-electron chi connectivity index (χ0n) is 14.7. The Morgan fingerprint density at radius 3 is 2.19 bits per heavy atom.